The van der Waals surface area contributed by atoms with Gasteiger partial charge in [-0.05, 0) is 24.8 Å². The molecule has 1 heterocycles. The van der Waals surface area contributed by atoms with Gasteiger partial charge in [0.2, 0.25) is 0 Å². The normalized spacial score (nSPS) is 15.1. The Kier molecular flexibility index (Phi) is 5.86. The first-order valence-corrected chi connectivity index (χ1v) is 6.03. The Bertz CT molecular complexity index is 249. The third kappa shape index (κ3) is 4.30. The fraction of sp³-hybridized carbons (Fsp3) is 0.636. The van der Waals surface area contributed by atoms with Crippen LogP contribution in [0.1, 0.15) is 24.3 Å². The van der Waals surface area contributed by atoms with Crippen LogP contribution in [0.5, 0.6) is 0 Å². The molecule has 3 nitrogen and oxygen atoms in total. The van der Waals surface area contributed by atoms with Crippen LogP contribution in [0, 0.1) is 0 Å². The molecule has 15 heavy (non-hydrogen) atoms. The van der Waals surface area contributed by atoms with Gasteiger partial charge in [0.15, 0.2) is 0 Å². The van der Waals surface area contributed by atoms with Crippen molar-refractivity contribution in [1.29, 1.82) is 0 Å². The molecule has 4 heteroatoms. The zero-order valence-corrected chi connectivity index (χ0v) is 10.1. The molecule has 0 aromatic carbocycles. The maximum Gasteiger partial charge on any atom is 0.106 e. The topological polar surface area (TPSA) is 44.5 Å². The second kappa shape index (κ2) is 6.95. The molecule has 0 amide bonds. The SMILES string of the molecule is COCCCOC(c1cccs1)C(C)N. The number of rotatable bonds is 7. The zero-order valence-electron chi connectivity index (χ0n) is 9.31. The fourth-order valence-corrected chi connectivity index (χ4v) is 2.25. The molecule has 1 rings (SSSR count). The molecular weight excluding hydrogens is 210 g/mol. The summed E-state index contributed by atoms with van der Waals surface area (Å²) in [4.78, 5) is 1.20. The number of ether oxygens (including phenoxy) is 2. The quantitative estimate of drug-likeness (QED) is 0.729. The summed E-state index contributed by atoms with van der Waals surface area (Å²) in [6.07, 6.45) is 0.923. The average molecular weight is 229 g/mol. The van der Waals surface area contributed by atoms with Gasteiger partial charge < -0.3 is 15.2 Å². The molecule has 0 bridgehead atoms. The predicted octanol–water partition coefficient (Wildman–Crippen LogP) is 2.19. The third-order valence-corrected chi connectivity index (χ3v) is 3.03. The van der Waals surface area contributed by atoms with Crippen molar-refractivity contribution >= 4 is 11.3 Å². The van der Waals surface area contributed by atoms with Crippen LogP contribution in [0.3, 0.4) is 0 Å². The van der Waals surface area contributed by atoms with Crippen molar-refractivity contribution in [3.05, 3.63) is 22.4 Å². The van der Waals surface area contributed by atoms with E-state index in [-0.39, 0.29) is 12.1 Å². The maximum absolute atomic E-state index is 5.89. The number of thiophene rings is 1. The van der Waals surface area contributed by atoms with Crippen molar-refractivity contribution in [1.82, 2.24) is 0 Å². The number of nitrogens with two attached hydrogens (primary N) is 1. The Morgan fingerprint density at radius 2 is 2.27 bits per heavy atom. The standard InChI is InChI=1S/C11H19NO2S/c1-9(12)11(10-5-3-8-15-10)14-7-4-6-13-2/h3,5,8-9,11H,4,6-7,12H2,1-2H3. The smallest absolute Gasteiger partial charge is 0.106 e. The summed E-state index contributed by atoms with van der Waals surface area (Å²) in [7, 11) is 1.70. The van der Waals surface area contributed by atoms with Gasteiger partial charge in [0.05, 0.1) is 0 Å². The number of hydrogen-bond acceptors (Lipinski definition) is 4. The highest BCUT2D eigenvalue weighted by Gasteiger charge is 2.17. The summed E-state index contributed by atoms with van der Waals surface area (Å²) >= 11 is 1.69. The van der Waals surface area contributed by atoms with Gasteiger partial charge in [-0.3, -0.25) is 0 Å². The van der Waals surface area contributed by atoms with Crippen LogP contribution in [-0.2, 0) is 9.47 Å². The van der Waals surface area contributed by atoms with Crippen LogP contribution in [-0.4, -0.2) is 26.4 Å². The summed E-state index contributed by atoms with van der Waals surface area (Å²) in [5.74, 6) is 0. The van der Waals surface area contributed by atoms with E-state index in [0.29, 0.717) is 6.61 Å². The van der Waals surface area contributed by atoms with Gasteiger partial charge in [0, 0.05) is 31.2 Å². The van der Waals surface area contributed by atoms with Crippen LogP contribution < -0.4 is 5.73 Å². The summed E-state index contributed by atoms with van der Waals surface area (Å²) in [6, 6.07) is 4.11. The number of methoxy groups -OCH3 is 1. The molecule has 1 aromatic heterocycles. The molecule has 0 fully saturated rings. The van der Waals surface area contributed by atoms with E-state index in [1.165, 1.54) is 4.88 Å². The van der Waals surface area contributed by atoms with E-state index < -0.39 is 0 Å². The van der Waals surface area contributed by atoms with Crippen LogP contribution in [0.4, 0.5) is 0 Å². The van der Waals surface area contributed by atoms with Crippen molar-refractivity contribution in [2.45, 2.75) is 25.5 Å². The van der Waals surface area contributed by atoms with Gasteiger partial charge in [-0.2, -0.15) is 0 Å². The maximum atomic E-state index is 5.89. The Labute approximate surface area is 95.2 Å². The lowest BCUT2D eigenvalue weighted by atomic mass is 10.1. The molecule has 0 aliphatic rings. The lowest BCUT2D eigenvalue weighted by molar-refractivity contribution is 0.0285. The van der Waals surface area contributed by atoms with E-state index in [4.69, 9.17) is 15.2 Å². The Morgan fingerprint density at radius 1 is 1.47 bits per heavy atom. The largest absolute Gasteiger partial charge is 0.385 e. The third-order valence-electron chi connectivity index (χ3n) is 2.09. The van der Waals surface area contributed by atoms with Gasteiger partial charge in [0.25, 0.3) is 0 Å². The van der Waals surface area contributed by atoms with Gasteiger partial charge in [-0.1, -0.05) is 6.07 Å². The molecule has 0 saturated heterocycles. The van der Waals surface area contributed by atoms with Crippen molar-refractivity contribution in [2.75, 3.05) is 20.3 Å². The second-order valence-corrected chi connectivity index (χ2v) is 4.49. The van der Waals surface area contributed by atoms with E-state index in [0.717, 1.165) is 13.0 Å². The molecule has 0 radical (unpaired) electrons. The Morgan fingerprint density at radius 3 is 2.80 bits per heavy atom. The van der Waals surface area contributed by atoms with E-state index in [1.54, 1.807) is 18.4 Å². The molecule has 2 N–H and O–H groups in total. The molecule has 0 saturated carbocycles. The molecule has 0 aliphatic carbocycles. The van der Waals surface area contributed by atoms with Crippen molar-refractivity contribution in [3.63, 3.8) is 0 Å². The van der Waals surface area contributed by atoms with Crippen LogP contribution >= 0.6 is 11.3 Å². The van der Waals surface area contributed by atoms with Crippen molar-refractivity contribution < 1.29 is 9.47 Å². The lowest BCUT2D eigenvalue weighted by Gasteiger charge is -2.20. The molecule has 86 valence electrons. The van der Waals surface area contributed by atoms with E-state index in [2.05, 4.69) is 6.07 Å². The van der Waals surface area contributed by atoms with Crippen LogP contribution in [0.25, 0.3) is 0 Å². The molecule has 0 aliphatic heterocycles. The van der Waals surface area contributed by atoms with Gasteiger partial charge in [-0.15, -0.1) is 11.3 Å². The first-order valence-electron chi connectivity index (χ1n) is 5.15. The van der Waals surface area contributed by atoms with Crippen molar-refractivity contribution in [2.24, 2.45) is 5.73 Å². The number of hydrogen-bond donors (Lipinski definition) is 1. The summed E-state index contributed by atoms with van der Waals surface area (Å²) in [5, 5.41) is 2.04. The fourth-order valence-electron chi connectivity index (χ4n) is 1.36. The van der Waals surface area contributed by atoms with E-state index in [9.17, 15) is 0 Å². The van der Waals surface area contributed by atoms with Gasteiger partial charge in [-0.25, -0.2) is 0 Å². The predicted molar refractivity (Wildman–Crippen MR) is 63.2 cm³/mol. The Balaban J connectivity index is 2.39. The summed E-state index contributed by atoms with van der Waals surface area (Å²) in [5.41, 5.74) is 5.89. The molecule has 1 aromatic rings. The average Bonchev–Trinajstić information content (AvgIpc) is 2.70. The van der Waals surface area contributed by atoms with E-state index in [1.807, 2.05) is 18.4 Å². The molecule has 0 spiro atoms. The monoisotopic (exact) mass is 229 g/mol. The van der Waals surface area contributed by atoms with Crippen LogP contribution in [0.15, 0.2) is 17.5 Å². The van der Waals surface area contributed by atoms with Crippen LogP contribution in [0.2, 0.25) is 0 Å². The van der Waals surface area contributed by atoms with Crippen molar-refractivity contribution in [3.8, 4) is 0 Å². The van der Waals surface area contributed by atoms with Gasteiger partial charge >= 0.3 is 0 Å². The Hall–Kier alpha value is -0.420. The van der Waals surface area contributed by atoms with Gasteiger partial charge in [0.1, 0.15) is 6.10 Å². The molecule has 2 unspecified atom stereocenters. The highest BCUT2D eigenvalue weighted by atomic mass is 32.1. The summed E-state index contributed by atoms with van der Waals surface area (Å²) in [6.45, 7) is 3.40. The first-order chi connectivity index (χ1) is 7.25. The zero-order chi connectivity index (χ0) is 11.1. The highest BCUT2D eigenvalue weighted by Crippen LogP contribution is 2.24. The highest BCUT2D eigenvalue weighted by molar-refractivity contribution is 7.10. The lowest BCUT2D eigenvalue weighted by Crippen LogP contribution is -2.26. The minimum absolute atomic E-state index is 0.0156. The summed E-state index contributed by atoms with van der Waals surface area (Å²) < 4.78 is 10.7. The second-order valence-electron chi connectivity index (χ2n) is 3.51. The first kappa shape index (κ1) is 12.6. The van der Waals surface area contributed by atoms with E-state index >= 15 is 0 Å². The minimum atomic E-state index is 0.0156. The molecule has 2 atom stereocenters. The molecular formula is C11H19NO2S. The minimum Gasteiger partial charge on any atom is -0.385 e.